The van der Waals surface area contributed by atoms with Gasteiger partial charge in [-0.2, -0.15) is 0 Å². The molecule has 1 spiro atoms. The molecule has 3 heterocycles. The van der Waals surface area contributed by atoms with Crippen LogP contribution in [0.1, 0.15) is 71.0 Å². The predicted molar refractivity (Wildman–Crippen MR) is 221 cm³/mol. The number of cyclic esters (lactones) is 1. The number of carboxylic acid groups (broad SMARTS) is 1. The molecule has 0 radical (unpaired) electrons. The number of amides is 3. The maximum atomic E-state index is 16.0. The molecule has 0 aliphatic carbocycles. The molecule has 0 aromatic heterocycles. The molecule has 0 saturated carbocycles. The van der Waals surface area contributed by atoms with Crippen molar-refractivity contribution in [3.8, 4) is 17.6 Å². The lowest BCUT2D eigenvalue weighted by molar-refractivity contribution is -0.179. The summed E-state index contributed by atoms with van der Waals surface area (Å²) < 4.78 is 12.0. The first-order chi connectivity index (χ1) is 29.2. The maximum Gasteiger partial charge on any atom is 0.329 e. The monoisotopic (exact) mass is 805 g/mol. The minimum atomic E-state index is -2.13. The van der Waals surface area contributed by atoms with E-state index in [4.69, 9.17) is 9.47 Å². The topological polar surface area (TPSA) is 166 Å². The number of aliphatic carboxylic acids is 1. The number of hydrogen-bond donors (Lipinski definition) is 4. The van der Waals surface area contributed by atoms with Crippen molar-refractivity contribution in [3.05, 3.63) is 167 Å². The molecule has 12 nitrogen and oxygen atoms in total. The normalized spacial score (nSPS) is 23.5. The number of aliphatic hydroxyl groups excluding tert-OH is 2. The molecule has 2 fully saturated rings. The first-order valence-corrected chi connectivity index (χ1v) is 19.8. The fourth-order valence-corrected chi connectivity index (χ4v) is 9.17. The number of morpholine rings is 1. The molecule has 60 heavy (non-hydrogen) atoms. The van der Waals surface area contributed by atoms with Gasteiger partial charge in [-0.25, -0.2) is 9.69 Å². The Balaban J connectivity index is 1.41. The minimum absolute atomic E-state index is 0.0279. The molecule has 4 N–H and O–H groups in total. The molecule has 5 aromatic rings. The van der Waals surface area contributed by atoms with E-state index in [0.29, 0.717) is 28.0 Å². The van der Waals surface area contributed by atoms with Crippen LogP contribution in [0.25, 0.3) is 0 Å². The molecule has 3 aliphatic rings. The van der Waals surface area contributed by atoms with Crippen LogP contribution in [0.15, 0.2) is 133 Å². The number of nitrogens with zero attached hydrogens (tertiary/aromatic N) is 2. The lowest BCUT2D eigenvalue weighted by Crippen LogP contribution is -2.54. The van der Waals surface area contributed by atoms with E-state index in [0.717, 1.165) is 10.5 Å². The number of nitrogens with one attached hydrogen (secondary N) is 1. The van der Waals surface area contributed by atoms with Gasteiger partial charge in [0.05, 0.1) is 37.0 Å². The Morgan fingerprint density at radius 3 is 2.10 bits per heavy atom. The number of anilines is 1. The number of imide groups is 1. The molecule has 3 aliphatic heterocycles. The van der Waals surface area contributed by atoms with Gasteiger partial charge in [-0.05, 0) is 65.1 Å². The second-order valence-electron chi connectivity index (χ2n) is 15.0. The zero-order valence-corrected chi connectivity index (χ0v) is 32.7. The Bertz CT molecular complexity index is 2450. The van der Waals surface area contributed by atoms with Crippen LogP contribution >= 0.6 is 0 Å². The van der Waals surface area contributed by atoms with Crippen LogP contribution in [0.3, 0.4) is 0 Å². The number of aliphatic hydroxyl groups is 2. The Morgan fingerprint density at radius 2 is 1.47 bits per heavy atom. The largest absolute Gasteiger partial charge is 0.491 e. The van der Waals surface area contributed by atoms with Gasteiger partial charge >= 0.3 is 18.0 Å². The van der Waals surface area contributed by atoms with E-state index in [1.165, 1.54) is 0 Å². The highest BCUT2D eigenvalue weighted by Crippen LogP contribution is 2.66. The lowest BCUT2D eigenvalue weighted by atomic mass is 9.65. The van der Waals surface area contributed by atoms with E-state index in [-0.39, 0.29) is 37.5 Å². The number of urea groups is 1. The van der Waals surface area contributed by atoms with Gasteiger partial charge < -0.3 is 30.1 Å². The van der Waals surface area contributed by atoms with E-state index in [1.54, 1.807) is 54.3 Å². The van der Waals surface area contributed by atoms with Crippen LogP contribution in [0, 0.1) is 17.8 Å². The van der Waals surface area contributed by atoms with Crippen molar-refractivity contribution in [2.45, 2.75) is 49.0 Å². The summed E-state index contributed by atoms with van der Waals surface area (Å²) >= 11 is 0. The van der Waals surface area contributed by atoms with Gasteiger partial charge in [0.25, 0.3) is 0 Å². The maximum absolute atomic E-state index is 16.0. The third-order valence-electron chi connectivity index (χ3n) is 11.6. The lowest BCUT2D eigenvalue weighted by Gasteiger charge is -2.46. The van der Waals surface area contributed by atoms with Crippen LogP contribution in [-0.2, 0) is 24.5 Å². The molecule has 0 bridgehead atoms. The third kappa shape index (κ3) is 6.86. The van der Waals surface area contributed by atoms with Gasteiger partial charge in [0, 0.05) is 12.0 Å². The van der Waals surface area contributed by atoms with Crippen LogP contribution in [0.5, 0.6) is 5.75 Å². The molecule has 7 atom stereocenters. The van der Waals surface area contributed by atoms with E-state index in [2.05, 4.69) is 17.2 Å². The van der Waals surface area contributed by atoms with Gasteiger partial charge in [0.15, 0.2) is 0 Å². The molecule has 7 unspecified atom stereocenters. The summed E-state index contributed by atoms with van der Waals surface area (Å²) in [6.45, 7) is 1.41. The number of benzene rings is 5. The number of hydrogen-bond acceptors (Lipinski definition) is 9. The van der Waals surface area contributed by atoms with Crippen molar-refractivity contribution in [1.29, 1.82) is 0 Å². The smallest absolute Gasteiger partial charge is 0.329 e. The van der Waals surface area contributed by atoms with Crippen molar-refractivity contribution in [1.82, 2.24) is 10.2 Å². The average Bonchev–Trinajstić information content (AvgIpc) is 3.73. The Labute approximate surface area is 347 Å². The van der Waals surface area contributed by atoms with Crippen LogP contribution in [0.4, 0.5) is 10.5 Å². The summed E-state index contributed by atoms with van der Waals surface area (Å²) in [5, 5.41) is 33.5. The zero-order chi connectivity index (χ0) is 42.0. The summed E-state index contributed by atoms with van der Waals surface area (Å²) in [6.07, 6.45) is -0.770. The number of carboxylic acids is 1. The molecular weight excluding hydrogens is 763 g/mol. The Hall–Kier alpha value is -6.78. The second kappa shape index (κ2) is 16.8. The fraction of sp³-hybridized carbons (Fsp3) is 0.250. The third-order valence-corrected chi connectivity index (χ3v) is 11.6. The van der Waals surface area contributed by atoms with E-state index in [1.807, 2.05) is 91.0 Å². The van der Waals surface area contributed by atoms with Crippen molar-refractivity contribution in [3.63, 3.8) is 0 Å². The SMILES string of the molecule is CC(NC(=O)N1C(=O)C2(c3cc(C#CCCO)ccc31)C(C(=O)O)C1C(=O)OC(c3ccccc3)C(c3ccccc3)N1C2c1ccc(OCCO)cc1)c1ccccc1. The summed E-state index contributed by atoms with van der Waals surface area (Å²) in [4.78, 5) is 62.4. The van der Waals surface area contributed by atoms with Gasteiger partial charge in [0.1, 0.15) is 35.8 Å². The van der Waals surface area contributed by atoms with Crippen molar-refractivity contribution >= 4 is 29.6 Å². The summed E-state index contributed by atoms with van der Waals surface area (Å²) in [6, 6.07) is 34.5. The molecule has 2 saturated heterocycles. The molecular formula is C48H43N3O9. The summed E-state index contributed by atoms with van der Waals surface area (Å²) in [7, 11) is 0. The highest BCUT2D eigenvalue weighted by atomic mass is 16.6. The van der Waals surface area contributed by atoms with Crippen LogP contribution < -0.4 is 15.0 Å². The van der Waals surface area contributed by atoms with Crippen molar-refractivity contribution in [2.24, 2.45) is 5.92 Å². The zero-order valence-electron chi connectivity index (χ0n) is 32.7. The minimum Gasteiger partial charge on any atom is -0.491 e. The highest BCUT2D eigenvalue weighted by molar-refractivity contribution is 6.24. The van der Waals surface area contributed by atoms with Crippen molar-refractivity contribution in [2.75, 3.05) is 24.7 Å². The molecule has 8 rings (SSSR count). The number of esters is 1. The first-order valence-electron chi connectivity index (χ1n) is 19.8. The van der Waals surface area contributed by atoms with E-state index >= 15 is 4.79 Å². The Morgan fingerprint density at radius 1 is 0.817 bits per heavy atom. The van der Waals surface area contributed by atoms with E-state index in [9.17, 15) is 29.7 Å². The van der Waals surface area contributed by atoms with E-state index < -0.39 is 65.5 Å². The quantitative estimate of drug-likeness (QED) is 0.0970. The van der Waals surface area contributed by atoms with Gasteiger partial charge in [-0.1, -0.05) is 115 Å². The summed E-state index contributed by atoms with van der Waals surface area (Å²) in [5.41, 5.74) is 1.26. The molecule has 3 amide bonds. The average molecular weight is 806 g/mol. The number of fused-ring (bicyclic) bond motifs is 3. The Kier molecular flexibility index (Phi) is 11.2. The number of ether oxygens (including phenoxy) is 2. The van der Waals surface area contributed by atoms with Crippen LogP contribution in [0.2, 0.25) is 0 Å². The molecule has 5 aromatic carbocycles. The van der Waals surface area contributed by atoms with Gasteiger partial charge in [0.2, 0.25) is 5.91 Å². The second-order valence-corrected chi connectivity index (χ2v) is 15.0. The number of carbonyl (C=O) groups is 4. The van der Waals surface area contributed by atoms with Crippen molar-refractivity contribution < 1.29 is 44.0 Å². The predicted octanol–water partition coefficient (Wildman–Crippen LogP) is 6.01. The summed E-state index contributed by atoms with van der Waals surface area (Å²) in [5.74, 6) is 1.47. The van der Waals surface area contributed by atoms with Crippen LogP contribution in [-0.4, -0.2) is 70.0 Å². The number of rotatable bonds is 10. The fourth-order valence-electron chi connectivity index (χ4n) is 9.17. The molecule has 304 valence electrons. The van der Waals surface area contributed by atoms with Gasteiger partial charge in [-0.15, -0.1) is 0 Å². The molecule has 12 heteroatoms. The first kappa shape index (κ1) is 40.0. The standard InChI is InChI=1S/C48H43N3O9/c1-30(32-14-5-2-6-15-32)49-47(58)50-38-25-20-31(13-11-12-26-52)29-37(38)48(46(50)57)39(44(54)55)41-45(56)60-42(34-18-9-4-10-19-34)40(33-16-7-3-8-17-33)51(41)43(48)35-21-23-36(24-22-35)59-28-27-53/h2-10,14-25,29-30,39-43,52-53H,12,26-28H2,1H3,(H,49,58)(H,54,55). The number of carbonyl (C=O) groups excluding carboxylic acids is 3. The highest BCUT2D eigenvalue weighted by Gasteiger charge is 2.76. The van der Waals surface area contributed by atoms with Gasteiger partial charge in [-0.3, -0.25) is 19.3 Å².